The van der Waals surface area contributed by atoms with Crippen molar-refractivity contribution >= 4 is 29.2 Å². The summed E-state index contributed by atoms with van der Waals surface area (Å²) in [7, 11) is 0. The second-order valence-corrected chi connectivity index (χ2v) is 9.06. The standard InChI is InChI=1S/C27H24ClFN6O2/c28-21-11-10-17(25-22(29)9-5-13-31-25)14-20(21)26(36)33-24-15-23(27(37)32-16-18-6-4-12-30-18)34-35(24)19-7-2-1-3-8-19/h1-3,5,7-11,13-15,18,30H,4,6,12,16H2,(H,32,37)(H,33,36). The van der Waals surface area contributed by atoms with Gasteiger partial charge >= 0.3 is 0 Å². The van der Waals surface area contributed by atoms with E-state index in [9.17, 15) is 14.0 Å². The van der Waals surface area contributed by atoms with Gasteiger partial charge in [0.15, 0.2) is 5.69 Å². The lowest BCUT2D eigenvalue weighted by Gasteiger charge is -2.11. The fraction of sp³-hybridized carbons (Fsp3) is 0.185. The van der Waals surface area contributed by atoms with E-state index in [0.717, 1.165) is 19.4 Å². The van der Waals surface area contributed by atoms with E-state index in [1.165, 1.54) is 41.2 Å². The molecule has 2 aromatic heterocycles. The van der Waals surface area contributed by atoms with Crippen LogP contribution in [0.3, 0.4) is 0 Å². The molecule has 37 heavy (non-hydrogen) atoms. The first-order valence-corrected chi connectivity index (χ1v) is 12.3. The summed E-state index contributed by atoms with van der Waals surface area (Å²) in [5.41, 5.74) is 1.46. The molecule has 188 valence electrons. The van der Waals surface area contributed by atoms with Crippen LogP contribution in [-0.4, -0.2) is 45.7 Å². The van der Waals surface area contributed by atoms with Crippen molar-refractivity contribution < 1.29 is 14.0 Å². The smallest absolute Gasteiger partial charge is 0.271 e. The maximum atomic E-state index is 14.3. The van der Waals surface area contributed by atoms with Gasteiger partial charge in [-0.3, -0.25) is 14.6 Å². The predicted molar refractivity (Wildman–Crippen MR) is 140 cm³/mol. The molecule has 0 bridgehead atoms. The third-order valence-electron chi connectivity index (χ3n) is 6.10. The Morgan fingerprint density at radius 2 is 1.92 bits per heavy atom. The van der Waals surface area contributed by atoms with Gasteiger partial charge in [-0.2, -0.15) is 5.10 Å². The van der Waals surface area contributed by atoms with Gasteiger partial charge in [0.1, 0.15) is 17.3 Å². The van der Waals surface area contributed by atoms with Crippen LogP contribution in [-0.2, 0) is 0 Å². The maximum absolute atomic E-state index is 14.3. The number of carbonyl (C=O) groups excluding carboxylic acids is 2. The molecule has 1 saturated heterocycles. The van der Waals surface area contributed by atoms with E-state index in [0.29, 0.717) is 17.8 Å². The van der Waals surface area contributed by atoms with Gasteiger partial charge in [-0.05, 0) is 55.8 Å². The zero-order valence-electron chi connectivity index (χ0n) is 19.7. The predicted octanol–water partition coefficient (Wildman–Crippen LogP) is 4.46. The summed E-state index contributed by atoms with van der Waals surface area (Å²) in [6.45, 7) is 1.43. The van der Waals surface area contributed by atoms with E-state index < -0.39 is 11.7 Å². The van der Waals surface area contributed by atoms with Crippen molar-refractivity contribution in [2.24, 2.45) is 0 Å². The summed E-state index contributed by atoms with van der Waals surface area (Å²) in [4.78, 5) is 30.2. The fourth-order valence-electron chi connectivity index (χ4n) is 4.21. The van der Waals surface area contributed by atoms with E-state index >= 15 is 0 Å². The Kier molecular flexibility index (Phi) is 7.25. The van der Waals surface area contributed by atoms with Crippen molar-refractivity contribution in [1.29, 1.82) is 0 Å². The molecule has 2 aromatic carbocycles. The number of hydrogen-bond acceptors (Lipinski definition) is 5. The van der Waals surface area contributed by atoms with E-state index in [-0.39, 0.29) is 39.7 Å². The minimum atomic E-state index is -0.539. The summed E-state index contributed by atoms with van der Waals surface area (Å²) >= 11 is 6.33. The molecule has 0 radical (unpaired) electrons. The van der Waals surface area contributed by atoms with Gasteiger partial charge in [0.05, 0.1) is 16.3 Å². The Hall–Kier alpha value is -4.08. The summed E-state index contributed by atoms with van der Waals surface area (Å²) in [6.07, 6.45) is 3.55. The highest BCUT2D eigenvalue weighted by atomic mass is 35.5. The summed E-state index contributed by atoms with van der Waals surface area (Å²) in [5.74, 6) is -1.11. The Morgan fingerprint density at radius 3 is 2.68 bits per heavy atom. The molecule has 1 unspecified atom stereocenters. The molecule has 10 heteroatoms. The molecule has 0 saturated carbocycles. The molecule has 5 rings (SSSR count). The molecule has 1 fully saturated rings. The van der Waals surface area contributed by atoms with Gasteiger partial charge in [-0.1, -0.05) is 35.9 Å². The van der Waals surface area contributed by atoms with Crippen LogP contribution >= 0.6 is 11.6 Å². The number of amides is 2. The largest absolute Gasteiger partial charge is 0.349 e. The van der Waals surface area contributed by atoms with Gasteiger partial charge in [0.2, 0.25) is 0 Å². The van der Waals surface area contributed by atoms with E-state index in [1.54, 1.807) is 6.07 Å². The maximum Gasteiger partial charge on any atom is 0.271 e. The van der Waals surface area contributed by atoms with Crippen LogP contribution in [0.15, 0.2) is 72.9 Å². The number of carbonyl (C=O) groups is 2. The number of rotatable bonds is 7. The molecule has 0 spiro atoms. The van der Waals surface area contributed by atoms with E-state index in [4.69, 9.17) is 11.6 Å². The van der Waals surface area contributed by atoms with Crippen LogP contribution < -0.4 is 16.0 Å². The number of pyridine rings is 1. The topological polar surface area (TPSA) is 101 Å². The second kappa shape index (κ2) is 10.9. The Labute approximate surface area is 217 Å². The highest BCUT2D eigenvalue weighted by molar-refractivity contribution is 6.34. The minimum Gasteiger partial charge on any atom is -0.349 e. The van der Waals surface area contributed by atoms with E-state index in [1.807, 2.05) is 30.3 Å². The zero-order valence-corrected chi connectivity index (χ0v) is 20.5. The number of nitrogens with zero attached hydrogens (tertiary/aromatic N) is 3. The highest BCUT2D eigenvalue weighted by Crippen LogP contribution is 2.27. The molecule has 1 aliphatic heterocycles. The lowest BCUT2D eigenvalue weighted by atomic mass is 10.1. The molecule has 2 amide bonds. The van der Waals surface area contributed by atoms with Crippen molar-refractivity contribution in [2.75, 3.05) is 18.4 Å². The third-order valence-corrected chi connectivity index (χ3v) is 6.43. The number of hydrogen-bond donors (Lipinski definition) is 3. The molecule has 1 aliphatic rings. The van der Waals surface area contributed by atoms with Crippen LogP contribution in [0.1, 0.15) is 33.7 Å². The lowest BCUT2D eigenvalue weighted by molar-refractivity contribution is 0.0944. The highest BCUT2D eigenvalue weighted by Gasteiger charge is 2.21. The average molecular weight is 519 g/mol. The summed E-state index contributed by atoms with van der Waals surface area (Å²) in [5, 5.41) is 13.7. The minimum absolute atomic E-state index is 0.109. The van der Waals surface area contributed by atoms with E-state index in [2.05, 4.69) is 26.0 Å². The molecule has 0 aliphatic carbocycles. The first-order chi connectivity index (χ1) is 18.0. The molecule has 1 atom stereocenters. The molecule has 3 heterocycles. The lowest BCUT2D eigenvalue weighted by Crippen LogP contribution is -2.37. The molecular formula is C27H24ClFN6O2. The number of benzene rings is 2. The van der Waals surface area contributed by atoms with Crippen LogP contribution in [0.25, 0.3) is 16.9 Å². The summed E-state index contributed by atoms with van der Waals surface area (Å²) in [6, 6.07) is 18.3. The molecular weight excluding hydrogens is 495 g/mol. The van der Waals surface area contributed by atoms with Gasteiger partial charge < -0.3 is 16.0 Å². The number of halogens is 2. The first-order valence-electron chi connectivity index (χ1n) is 11.9. The van der Waals surface area contributed by atoms with Crippen molar-refractivity contribution in [3.05, 3.63) is 95.0 Å². The number of aromatic nitrogens is 3. The Balaban J connectivity index is 1.43. The van der Waals surface area contributed by atoms with Gasteiger partial charge in [0, 0.05) is 30.4 Å². The SMILES string of the molecule is O=C(NCC1CCCN1)c1cc(NC(=O)c2cc(-c3ncccc3F)ccc2Cl)n(-c2ccccc2)n1. The molecule has 3 N–H and O–H groups in total. The van der Waals surface area contributed by atoms with Crippen molar-refractivity contribution in [3.63, 3.8) is 0 Å². The van der Waals surface area contributed by atoms with Crippen molar-refractivity contribution in [1.82, 2.24) is 25.4 Å². The number of para-hydroxylation sites is 1. The normalized spacial score (nSPS) is 14.9. The van der Waals surface area contributed by atoms with Crippen molar-refractivity contribution in [3.8, 4) is 16.9 Å². The quantitative estimate of drug-likeness (QED) is 0.335. The number of anilines is 1. The Morgan fingerprint density at radius 1 is 1.08 bits per heavy atom. The summed E-state index contributed by atoms with van der Waals surface area (Å²) < 4.78 is 15.8. The van der Waals surface area contributed by atoms with Gasteiger partial charge in [0.25, 0.3) is 11.8 Å². The third kappa shape index (κ3) is 5.52. The Bertz CT molecular complexity index is 1440. The van der Waals surface area contributed by atoms with Crippen molar-refractivity contribution in [2.45, 2.75) is 18.9 Å². The fourth-order valence-corrected chi connectivity index (χ4v) is 4.42. The van der Waals surface area contributed by atoms with Crippen LogP contribution in [0.5, 0.6) is 0 Å². The number of nitrogens with one attached hydrogen (secondary N) is 3. The molecule has 8 nitrogen and oxygen atoms in total. The first kappa shape index (κ1) is 24.6. The zero-order chi connectivity index (χ0) is 25.8. The molecule has 4 aromatic rings. The average Bonchev–Trinajstić information content (AvgIpc) is 3.59. The van der Waals surface area contributed by atoms with Crippen LogP contribution in [0, 0.1) is 5.82 Å². The monoisotopic (exact) mass is 518 g/mol. The van der Waals surface area contributed by atoms with Crippen LogP contribution in [0.4, 0.5) is 10.2 Å². The van der Waals surface area contributed by atoms with Gasteiger partial charge in [-0.15, -0.1) is 0 Å². The second-order valence-electron chi connectivity index (χ2n) is 8.65. The van der Waals surface area contributed by atoms with Crippen LogP contribution in [0.2, 0.25) is 5.02 Å². The van der Waals surface area contributed by atoms with Gasteiger partial charge in [-0.25, -0.2) is 9.07 Å².